The van der Waals surface area contributed by atoms with E-state index in [1.54, 1.807) is 30.3 Å². The summed E-state index contributed by atoms with van der Waals surface area (Å²) in [6.45, 7) is 3.48. The third-order valence-electron chi connectivity index (χ3n) is 6.37. The van der Waals surface area contributed by atoms with Crippen molar-refractivity contribution in [3.8, 4) is 11.5 Å². The number of aryl methyl sites for hydroxylation is 1. The second kappa shape index (κ2) is 9.84. The van der Waals surface area contributed by atoms with Crippen LogP contribution < -0.4 is 15.0 Å². The minimum atomic E-state index is -4.03. The molecule has 2 heterocycles. The van der Waals surface area contributed by atoms with Gasteiger partial charge in [0.1, 0.15) is 0 Å². The summed E-state index contributed by atoms with van der Waals surface area (Å²) >= 11 is 0. The molecule has 1 aliphatic rings. The quantitative estimate of drug-likeness (QED) is 0.351. The SMILES string of the molecule is CC(=O)c1cccc(S(=O)(=O)N(CCc2cccc(C)c2)Cc2cc3cc4c(cc3[nH]c2=O)OCO4)c1. The summed E-state index contributed by atoms with van der Waals surface area (Å²) in [5, 5.41) is 0.702. The molecule has 0 saturated carbocycles. The fourth-order valence-corrected chi connectivity index (χ4v) is 5.84. The third kappa shape index (κ3) is 5.14. The molecule has 0 fully saturated rings. The van der Waals surface area contributed by atoms with Gasteiger partial charge in [0.05, 0.1) is 10.4 Å². The number of sulfonamides is 1. The summed E-state index contributed by atoms with van der Waals surface area (Å²) in [4.78, 5) is 27.7. The Labute approximate surface area is 214 Å². The summed E-state index contributed by atoms with van der Waals surface area (Å²) in [6.07, 6.45) is 0.456. The molecule has 37 heavy (non-hydrogen) atoms. The Balaban J connectivity index is 1.53. The summed E-state index contributed by atoms with van der Waals surface area (Å²) < 4.78 is 39.7. The number of nitrogens with one attached hydrogen (secondary N) is 1. The lowest BCUT2D eigenvalue weighted by atomic mass is 10.1. The van der Waals surface area contributed by atoms with Crippen LogP contribution in [0, 0.1) is 6.92 Å². The van der Waals surface area contributed by atoms with Gasteiger partial charge in [0.15, 0.2) is 17.3 Å². The molecule has 5 rings (SSSR count). The largest absolute Gasteiger partial charge is 0.454 e. The van der Waals surface area contributed by atoms with E-state index < -0.39 is 10.0 Å². The molecule has 0 spiro atoms. The lowest BCUT2D eigenvalue weighted by Gasteiger charge is -2.23. The number of aromatic amines is 1. The van der Waals surface area contributed by atoms with Crippen molar-refractivity contribution in [3.05, 3.63) is 99.3 Å². The van der Waals surface area contributed by atoms with Crippen LogP contribution >= 0.6 is 0 Å². The van der Waals surface area contributed by atoms with Crippen molar-refractivity contribution in [1.82, 2.24) is 9.29 Å². The maximum absolute atomic E-state index is 13.8. The molecule has 0 unspecified atom stereocenters. The number of benzene rings is 3. The maximum Gasteiger partial charge on any atom is 0.252 e. The van der Waals surface area contributed by atoms with Crippen LogP contribution in [-0.4, -0.2) is 36.8 Å². The van der Waals surface area contributed by atoms with Gasteiger partial charge in [-0.05, 0) is 50.1 Å². The van der Waals surface area contributed by atoms with E-state index in [4.69, 9.17) is 9.47 Å². The summed E-state index contributed by atoms with van der Waals surface area (Å²) in [5.74, 6) is 0.882. The Morgan fingerprint density at radius 1 is 1.00 bits per heavy atom. The number of carbonyl (C=O) groups is 1. The Morgan fingerprint density at radius 3 is 2.51 bits per heavy atom. The zero-order valence-corrected chi connectivity index (χ0v) is 21.3. The molecular weight excluding hydrogens is 492 g/mol. The Hall–Kier alpha value is -3.95. The van der Waals surface area contributed by atoms with E-state index in [1.807, 2.05) is 31.2 Å². The first-order chi connectivity index (χ1) is 17.7. The number of hydrogen-bond acceptors (Lipinski definition) is 6. The maximum atomic E-state index is 13.8. The molecule has 9 heteroatoms. The molecule has 1 aliphatic heterocycles. The van der Waals surface area contributed by atoms with Crippen LogP contribution in [0.15, 0.2) is 76.4 Å². The normalized spacial score (nSPS) is 12.8. The highest BCUT2D eigenvalue weighted by Crippen LogP contribution is 2.35. The van der Waals surface area contributed by atoms with Crippen LogP contribution in [0.4, 0.5) is 0 Å². The predicted molar refractivity (Wildman–Crippen MR) is 140 cm³/mol. The monoisotopic (exact) mass is 518 g/mol. The average Bonchev–Trinajstić information content (AvgIpc) is 3.32. The zero-order chi connectivity index (χ0) is 26.2. The number of carbonyl (C=O) groups excluding carboxylic acids is 1. The highest BCUT2D eigenvalue weighted by molar-refractivity contribution is 7.89. The Morgan fingerprint density at radius 2 is 1.76 bits per heavy atom. The summed E-state index contributed by atoms with van der Waals surface area (Å²) in [6, 6.07) is 19.0. The van der Waals surface area contributed by atoms with Crippen LogP contribution in [0.5, 0.6) is 11.5 Å². The number of aromatic nitrogens is 1. The van der Waals surface area contributed by atoms with E-state index in [0.717, 1.165) is 11.1 Å². The topological polar surface area (TPSA) is 106 Å². The average molecular weight is 519 g/mol. The van der Waals surface area contributed by atoms with Crippen LogP contribution in [0.25, 0.3) is 10.9 Å². The molecule has 0 saturated heterocycles. The number of nitrogens with zero attached hydrogens (tertiary/aromatic N) is 1. The van der Waals surface area contributed by atoms with Gasteiger partial charge in [0, 0.05) is 35.7 Å². The summed E-state index contributed by atoms with van der Waals surface area (Å²) in [7, 11) is -4.03. The van der Waals surface area contributed by atoms with Gasteiger partial charge in [-0.25, -0.2) is 8.42 Å². The van der Waals surface area contributed by atoms with E-state index in [9.17, 15) is 18.0 Å². The molecule has 190 valence electrons. The molecular formula is C28H26N2O6S. The van der Waals surface area contributed by atoms with Crippen molar-refractivity contribution in [2.45, 2.75) is 31.7 Å². The van der Waals surface area contributed by atoms with Crippen LogP contribution in [0.3, 0.4) is 0 Å². The van der Waals surface area contributed by atoms with Gasteiger partial charge < -0.3 is 14.5 Å². The molecule has 1 N–H and O–H groups in total. The second-order valence-corrected chi connectivity index (χ2v) is 11.0. The van der Waals surface area contributed by atoms with Crippen LogP contribution in [0.2, 0.25) is 0 Å². The van der Waals surface area contributed by atoms with Crippen molar-refractivity contribution < 1.29 is 22.7 Å². The van der Waals surface area contributed by atoms with Gasteiger partial charge in [-0.15, -0.1) is 0 Å². The molecule has 3 aromatic carbocycles. The summed E-state index contributed by atoms with van der Waals surface area (Å²) in [5.41, 5.74) is 2.84. The van der Waals surface area contributed by atoms with E-state index >= 15 is 0 Å². The first-order valence-corrected chi connectivity index (χ1v) is 13.3. The van der Waals surface area contributed by atoms with Gasteiger partial charge >= 0.3 is 0 Å². The van der Waals surface area contributed by atoms with Gasteiger partial charge in [-0.1, -0.05) is 42.0 Å². The van der Waals surface area contributed by atoms with Crippen molar-refractivity contribution in [2.24, 2.45) is 0 Å². The van der Waals surface area contributed by atoms with E-state index in [2.05, 4.69) is 4.98 Å². The number of hydrogen-bond donors (Lipinski definition) is 1. The second-order valence-electron chi connectivity index (χ2n) is 9.08. The van der Waals surface area contributed by atoms with Gasteiger partial charge in [0.2, 0.25) is 16.8 Å². The molecule has 0 radical (unpaired) electrons. The highest BCUT2D eigenvalue weighted by atomic mass is 32.2. The number of ether oxygens (including phenoxy) is 2. The first-order valence-electron chi connectivity index (χ1n) is 11.8. The lowest BCUT2D eigenvalue weighted by Crippen LogP contribution is -2.34. The molecule has 8 nitrogen and oxygen atoms in total. The van der Waals surface area contributed by atoms with Crippen molar-refractivity contribution in [3.63, 3.8) is 0 Å². The number of pyridine rings is 1. The number of H-pyrrole nitrogens is 1. The minimum Gasteiger partial charge on any atom is -0.454 e. The van der Waals surface area contributed by atoms with Gasteiger partial charge in [0.25, 0.3) is 5.56 Å². The van der Waals surface area contributed by atoms with E-state index in [-0.39, 0.29) is 36.1 Å². The third-order valence-corrected chi connectivity index (χ3v) is 8.21. The Kier molecular flexibility index (Phi) is 6.57. The predicted octanol–water partition coefficient (Wildman–Crippen LogP) is 4.20. The molecule has 0 amide bonds. The van der Waals surface area contributed by atoms with Crippen molar-refractivity contribution in [2.75, 3.05) is 13.3 Å². The highest BCUT2D eigenvalue weighted by Gasteiger charge is 2.26. The lowest BCUT2D eigenvalue weighted by molar-refractivity contribution is 0.101. The standard InChI is InChI=1S/C28H26N2O6S/c1-18-5-3-6-20(11-18)9-10-30(37(33,34)24-8-4-7-21(13-24)19(2)31)16-23-12-22-14-26-27(36-17-35-26)15-25(22)29-28(23)32/h3-8,11-15H,9-10,16-17H2,1-2H3,(H,29,32). The fourth-order valence-electron chi connectivity index (χ4n) is 4.38. The van der Waals surface area contributed by atoms with E-state index in [0.29, 0.717) is 39.9 Å². The Bertz CT molecular complexity index is 1680. The van der Waals surface area contributed by atoms with Gasteiger partial charge in [-0.2, -0.15) is 4.31 Å². The molecule has 0 aliphatic carbocycles. The number of ketones is 1. The van der Waals surface area contributed by atoms with Gasteiger partial charge in [-0.3, -0.25) is 9.59 Å². The first kappa shape index (κ1) is 24.7. The zero-order valence-electron chi connectivity index (χ0n) is 20.5. The molecule has 0 atom stereocenters. The number of Topliss-reactive ketones (excluding diaryl/α,β-unsaturated/α-hetero) is 1. The number of fused-ring (bicyclic) bond motifs is 2. The van der Waals surface area contributed by atoms with Crippen LogP contribution in [0.1, 0.15) is 34.0 Å². The van der Waals surface area contributed by atoms with Crippen molar-refractivity contribution >= 4 is 26.7 Å². The van der Waals surface area contributed by atoms with Crippen molar-refractivity contribution in [1.29, 1.82) is 0 Å². The molecule has 1 aromatic heterocycles. The molecule has 4 aromatic rings. The fraction of sp³-hybridized carbons (Fsp3) is 0.214. The number of rotatable bonds is 8. The van der Waals surface area contributed by atoms with Crippen LogP contribution in [-0.2, 0) is 23.0 Å². The molecule has 0 bridgehead atoms. The van der Waals surface area contributed by atoms with E-state index in [1.165, 1.54) is 23.4 Å². The minimum absolute atomic E-state index is 0.00466. The smallest absolute Gasteiger partial charge is 0.252 e.